The molecule has 1 aromatic heterocycles. The maximum absolute atomic E-state index is 12.9. The normalized spacial score (nSPS) is 11.8. The molecule has 2 amide bonds. The zero-order chi connectivity index (χ0) is 21.8. The molecule has 0 radical (unpaired) electrons. The van der Waals surface area contributed by atoms with Gasteiger partial charge in [-0.05, 0) is 51.0 Å². The molecular weight excluding hydrogens is 394 g/mol. The maximum Gasteiger partial charge on any atom is 0.263 e. The highest BCUT2D eigenvalue weighted by atomic mass is 32.1. The Hall–Kier alpha value is -2.99. The van der Waals surface area contributed by atoms with Crippen molar-refractivity contribution in [2.75, 3.05) is 5.32 Å². The molecule has 5 nitrogen and oxygen atoms in total. The van der Waals surface area contributed by atoms with Crippen LogP contribution >= 0.6 is 11.3 Å². The van der Waals surface area contributed by atoms with Crippen LogP contribution in [0.1, 0.15) is 58.4 Å². The van der Waals surface area contributed by atoms with Crippen molar-refractivity contribution >= 4 is 28.8 Å². The molecule has 1 atom stereocenters. The van der Waals surface area contributed by atoms with E-state index in [0.717, 1.165) is 33.1 Å². The molecule has 0 saturated carbocycles. The van der Waals surface area contributed by atoms with Gasteiger partial charge in [0.2, 0.25) is 5.91 Å². The number of rotatable bonds is 6. The topological polar surface area (TPSA) is 71.1 Å². The number of nitrogens with zero attached hydrogens (tertiary/aromatic N) is 1. The first kappa shape index (κ1) is 21.7. The second-order valence-electron chi connectivity index (χ2n) is 7.47. The van der Waals surface area contributed by atoms with E-state index in [1.807, 2.05) is 45.0 Å². The molecule has 2 N–H and O–H groups in total. The number of aryl methyl sites for hydroxylation is 3. The highest BCUT2D eigenvalue weighted by Gasteiger charge is 2.19. The molecule has 0 aliphatic rings. The van der Waals surface area contributed by atoms with Crippen molar-refractivity contribution in [2.24, 2.45) is 0 Å². The largest absolute Gasteiger partial charge is 0.345 e. The van der Waals surface area contributed by atoms with Gasteiger partial charge in [0.1, 0.15) is 9.88 Å². The number of hydrogen-bond donors (Lipinski definition) is 2. The maximum atomic E-state index is 12.9. The zero-order valence-corrected chi connectivity index (χ0v) is 18.8. The Kier molecular flexibility index (Phi) is 6.67. The quantitative estimate of drug-likeness (QED) is 0.546. The second kappa shape index (κ2) is 9.22. The number of anilines is 1. The van der Waals surface area contributed by atoms with Gasteiger partial charge in [-0.3, -0.25) is 9.59 Å². The number of carbonyl (C=O) groups excluding carboxylic acids is 2. The lowest BCUT2D eigenvalue weighted by atomic mass is 10.1. The first-order valence-electron chi connectivity index (χ1n) is 10.0. The average Bonchev–Trinajstić information content (AvgIpc) is 3.09. The molecule has 2 aromatic carbocycles. The van der Waals surface area contributed by atoms with Gasteiger partial charge in [-0.25, -0.2) is 4.98 Å². The number of nitrogens with one attached hydrogen (secondary N) is 2. The fraction of sp³-hybridized carbons (Fsp3) is 0.292. The highest BCUT2D eigenvalue weighted by molar-refractivity contribution is 7.17. The lowest BCUT2D eigenvalue weighted by Crippen LogP contribution is -2.26. The molecule has 0 aliphatic carbocycles. The van der Waals surface area contributed by atoms with Crippen LogP contribution in [0, 0.1) is 20.8 Å². The predicted octanol–water partition coefficient (Wildman–Crippen LogP) is 5.57. The van der Waals surface area contributed by atoms with Gasteiger partial charge in [0, 0.05) is 17.7 Å². The van der Waals surface area contributed by atoms with E-state index < -0.39 is 0 Å². The molecule has 1 unspecified atom stereocenters. The van der Waals surface area contributed by atoms with Gasteiger partial charge in [0.25, 0.3) is 5.91 Å². The van der Waals surface area contributed by atoms with E-state index in [2.05, 4.69) is 47.7 Å². The minimum absolute atomic E-state index is 0.0237. The smallest absolute Gasteiger partial charge is 0.263 e. The molecule has 0 fully saturated rings. The Morgan fingerprint density at radius 2 is 1.77 bits per heavy atom. The first-order chi connectivity index (χ1) is 14.3. The van der Waals surface area contributed by atoms with Gasteiger partial charge < -0.3 is 10.6 Å². The third-order valence-corrected chi connectivity index (χ3v) is 6.17. The van der Waals surface area contributed by atoms with Crippen LogP contribution in [-0.4, -0.2) is 16.8 Å². The Balaban J connectivity index is 1.73. The second-order valence-corrected chi connectivity index (χ2v) is 8.47. The van der Waals surface area contributed by atoms with Crippen molar-refractivity contribution in [1.82, 2.24) is 10.3 Å². The SMILES string of the molecule is CCC(=O)Nc1ccc(C(C)NC(=O)c2sc(-c3ccc(C)cc3C)nc2C)cc1. The summed E-state index contributed by atoms with van der Waals surface area (Å²) >= 11 is 1.42. The molecule has 30 heavy (non-hydrogen) atoms. The van der Waals surface area contributed by atoms with Gasteiger partial charge in [-0.1, -0.05) is 42.8 Å². The van der Waals surface area contributed by atoms with Gasteiger partial charge in [0.15, 0.2) is 0 Å². The third-order valence-electron chi connectivity index (χ3n) is 4.98. The predicted molar refractivity (Wildman–Crippen MR) is 123 cm³/mol. The summed E-state index contributed by atoms with van der Waals surface area (Å²) in [6.45, 7) is 9.75. The molecule has 0 bridgehead atoms. The molecule has 6 heteroatoms. The molecule has 0 spiro atoms. The Labute approximate surface area is 181 Å². The Bertz CT molecular complexity index is 1070. The average molecular weight is 422 g/mol. The summed E-state index contributed by atoms with van der Waals surface area (Å²) in [5.41, 5.74) is 5.87. The van der Waals surface area contributed by atoms with E-state index in [-0.39, 0.29) is 17.9 Å². The Morgan fingerprint density at radius 3 is 2.40 bits per heavy atom. The minimum atomic E-state index is -0.167. The van der Waals surface area contributed by atoms with Gasteiger partial charge >= 0.3 is 0 Å². The number of thiazole rings is 1. The number of hydrogen-bond acceptors (Lipinski definition) is 4. The summed E-state index contributed by atoms with van der Waals surface area (Å²) in [6, 6.07) is 13.6. The monoisotopic (exact) mass is 421 g/mol. The lowest BCUT2D eigenvalue weighted by Gasteiger charge is -2.14. The van der Waals surface area contributed by atoms with Crippen LogP contribution in [0.4, 0.5) is 5.69 Å². The number of benzene rings is 2. The van der Waals surface area contributed by atoms with Gasteiger partial charge in [0.05, 0.1) is 11.7 Å². The number of amides is 2. The van der Waals surface area contributed by atoms with Crippen molar-refractivity contribution in [3.05, 3.63) is 69.7 Å². The van der Waals surface area contributed by atoms with Crippen molar-refractivity contribution in [3.8, 4) is 10.6 Å². The van der Waals surface area contributed by atoms with Crippen LogP contribution in [0.3, 0.4) is 0 Å². The van der Waals surface area contributed by atoms with Crippen molar-refractivity contribution in [2.45, 2.75) is 47.1 Å². The molecule has 156 valence electrons. The molecule has 0 saturated heterocycles. The van der Waals surface area contributed by atoms with Gasteiger partial charge in [-0.2, -0.15) is 0 Å². The van der Waals surface area contributed by atoms with E-state index in [1.54, 1.807) is 0 Å². The van der Waals surface area contributed by atoms with E-state index in [0.29, 0.717) is 11.3 Å². The van der Waals surface area contributed by atoms with Crippen molar-refractivity contribution in [3.63, 3.8) is 0 Å². The van der Waals surface area contributed by atoms with Gasteiger partial charge in [-0.15, -0.1) is 11.3 Å². The molecule has 1 heterocycles. The Morgan fingerprint density at radius 1 is 1.07 bits per heavy atom. The standard InChI is InChI=1S/C24H27N3O2S/c1-6-21(28)27-19-10-8-18(9-11-19)16(4)25-23(29)22-17(5)26-24(30-22)20-12-7-14(2)13-15(20)3/h7-13,16H,6H2,1-5H3,(H,25,29)(H,27,28). The number of aromatic nitrogens is 1. The zero-order valence-electron chi connectivity index (χ0n) is 18.0. The van der Waals surface area contributed by atoms with Crippen molar-refractivity contribution in [1.29, 1.82) is 0 Å². The summed E-state index contributed by atoms with van der Waals surface area (Å²) in [4.78, 5) is 29.7. The van der Waals surface area contributed by atoms with E-state index >= 15 is 0 Å². The summed E-state index contributed by atoms with van der Waals surface area (Å²) in [6.07, 6.45) is 0.437. The summed E-state index contributed by atoms with van der Waals surface area (Å²) in [5.74, 6) is -0.152. The van der Waals surface area contributed by atoms with Crippen LogP contribution < -0.4 is 10.6 Å². The first-order valence-corrected chi connectivity index (χ1v) is 10.9. The van der Waals surface area contributed by atoms with Crippen LogP contribution in [-0.2, 0) is 4.79 Å². The van der Waals surface area contributed by atoms with Crippen molar-refractivity contribution < 1.29 is 9.59 Å². The molecule has 3 rings (SSSR count). The van der Waals surface area contributed by atoms with Crippen LogP contribution in [0.2, 0.25) is 0 Å². The summed E-state index contributed by atoms with van der Waals surface area (Å²) < 4.78 is 0. The van der Waals surface area contributed by atoms with Crippen LogP contribution in [0.15, 0.2) is 42.5 Å². The number of carbonyl (C=O) groups is 2. The van der Waals surface area contributed by atoms with E-state index in [1.165, 1.54) is 16.9 Å². The van der Waals surface area contributed by atoms with E-state index in [9.17, 15) is 9.59 Å². The molecule has 0 aliphatic heterocycles. The van der Waals surface area contributed by atoms with Crippen LogP contribution in [0.5, 0.6) is 0 Å². The molecule has 3 aromatic rings. The minimum Gasteiger partial charge on any atom is -0.345 e. The fourth-order valence-corrected chi connectivity index (χ4v) is 4.29. The summed E-state index contributed by atoms with van der Waals surface area (Å²) in [7, 11) is 0. The van der Waals surface area contributed by atoms with Crippen LogP contribution in [0.25, 0.3) is 10.6 Å². The fourth-order valence-electron chi connectivity index (χ4n) is 3.23. The van der Waals surface area contributed by atoms with E-state index in [4.69, 9.17) is 0 Å². The molecular formula is C24H27N3O2S. The third kappa shape index (κ3) is 4.94. The highest BCUT2D eigenvalue weighted by Crippen LogP contribution is 2.31. The summed E-state index contributed by atoms with van der Waals surface area (Å²) in [5, 5.41) is 6.74. The lowest BCUT2D eigenvalue weighted by molar-refractivity contribution is -0.115.